The molecule has 3 aromatic rings. The van der Waals surface area contributed by atoms with E-state index in [1.165, 1.54) is 17.1 Å². The van der Waals surface area contributed by atoms with Crippen LogP contribution in [0.4, 0.5) is 17.1 Å². The van der Waals surface area contributed by atoms with Crippen LogP contribution in [-0.4, -0.2) is 11.0 Å². The molecule has 0 unspecified atom stereocenters. The Morgan fingerprint density at radius 2 is 0.650 bits per heavy atom. The summed E-state index contributed by atoms with van der Waals surface area (Å²) in [7, 11) is 0. The lowest BCUT2D eigenvalue weighted by Crippen LogP contribution is -2.09. The van der Waals surface area contributed by atoms with Gasteiger partial charge < -0.3 is 4.90 Å². The fourth-order valence-corrected chi connectivity index (χ4v) is 2.18. The zero-order valence-electron chi connectivity index (χ0n) is 10.6. The third kappa shape index (κ3) is 2.98. The molecule has 0 radical (unpaired) electrons. The van der Waals surface area contributed by atoms with Crippen LogP contribution in [0.15, 0.2) is 91.0 Å². The molecule has 0 bridgehead atoms. The van der Waals surface area contributed by atoms with Crippen molar-refractivity contribution in [3.63, 3.8) is 0 Å². The van der Waals surface area contributed by atoms with Gasteiger partial charge in [0.2, 0.25) is 0 Å². The third-order valence-corrected chi connectivity index (χ3v) is 3.04. The van der Waals surface area contributed by atoms with Crippen LogP contribution in [0.5, 0.6) is 0 Å². The van der Waals surface area contributed by atoms with Crippen molar-refractivity contribution in [2.45, 2.75) is 0 Å². The standard InChI is InChI=1S/C18H15N.H4Si/c1-4-10-16(11-5-1)19(17-12-6-2-7-13-17)18-14-8-3-9-15-18;/h1-15H;1H4. The summed E-state index contributed by atoms with van der Waals surface area (Å²) in [6.45, 7) is 0. The fraction of sp³-hybridized carbons (Fsp3) is 0. The zero-order valence-corrected chi connectivity index (χ0v) is 10.6. The van der Waals surface area contributed by atoms with E-state index in [1.54, 1.807) is 0 Å². The second kappa shape index (κ2) is 6.73. The number of hydrogen-bond donors (Lipinski definition) is 0. The Bertz CT molecular complexity index is 529. The molecule has 0 aliphatic carbocycles. The lowest BCUT2D eigenvalue weighted by molar-refractivity contribution is 1.28. The molecule has 0 N–H and O–H groups in total. The molecule has 0 heterocycles. The minimum Gasteiger partial charge on any atom is -0.311 e. The molecule has 3 rings (SSSR count). The molecule has 0 aliphatic heterocycles. The van der Waals surface area contributed by atoms with Gasteiger partial charge in [-0.05, 0) is 47.4 Å². The van der Waals surface area contributed by atoms with Crippen LogP contribution >= 0.6 is 0 Å². The molecule has 0 spiro atoms. The first kappa shape index (κ1) is 14.1. The first-order valence-corrected chi connectivity index (χ1v) is 6.40. The van der Waals surface area contributed by atoms with E-state index in [9.17, 15) is 0 Å². The molecule has 0 atom stereocenters. The summed E-state index contributed by atoms with van der Waals surface area (Å²) < 4.78 is 0. The van der Waals surface area contributed by atoms with E-state index in [0.29, 0.717) is 0 Å². The third-order valence-electron chi connectivity index (χ3n) is 3.04. The van der Waals surface area contributed by atoms with Gasteiger partial charge in [0, 0.05) is 17.1 Å². The quantitative estimate of drug-likeness (QED) is 0.660. The predicted octanol–water partition coefficient (Wildman–Crippen LogP) is 3.70. The van der Waals surface area contributed by atoms with Crippen LogP contribution in [-0.2, 0) is 0 Å². The first-order valence-electron chi connectivity index (χ1n) is 6.40. The summed E-state index contributed by atoms with van der Waals surface area (Å²) >= 11 is 0. The minimum atomic E-state index is 0. The van der Waals surface area contributed by atoms with E-state index < -0.39 is 0 Å². The highest BCUT2D eigenvalue weighted by molar-refractivity contribution is 5.76. The van der Waals surface area contributed by atoms with Crippen molar-refractivity contribution in [2.75, 3.05) is 4.90 Å². The molecule has 0 saturated heterocycles. The van der Waals surface area contributed by atoms with Crippen LogP contribution in [0.3, 0.4) is 0 Å². The Kier molecular flexibility index (Phi) is 4.74. The minimum absolute atomic E-state index is 0. The number of benzene rings is 3. The fourth-order valence-electron chi connectivity index (χ4n) is 2.18. The maximum absolute atomic E-state index is 2.25. The van der Waals surface area contributed by atoms with Gasteiger partial charge in [-0.3, -0.25) is 0 Å². The summed E-state index contributed by atoms with van der Waals surface area (Å²) in [4.78, 5) is 2.25. The van der Waals surface area contributed by atoms with Crippen molar-refractivity contribution in [3.05, 3.63) is 91.0 Å². The van der Waals surface area contributed by atoms with Gasteiger partial charge in [0.1, 0.15) is 0 Å². The highest BCUT2D eigenvalue weighted by Gasteiger charge is 2.10. The van der Waals surface area contributed by atoms with Crippen molar-refractivity contribution >= 4 is 28.0 Å². The van der Waals surface area contributed by atoms with Gasteiger partial charge in [0.15, 0.2) is 0 Å². The Hall–Kier alpha value is -2.32. The SMILES string of the molecule is [SiH4].c1ccc(N(c2ccccc2)c2ccccc2)cc1. The molecule has 20 heavy (non-hydrogen) atoms. The zero-order chi connectivity index (χ0) is 12.9. The summed E-state index contributed by atoms with van der Waals surface area (Å²) in [6, 6.07) is 31.3. The van der Waals surface area contributed by atoms with Crippen molar-refractivity contribution in [1.29, 1.82) is 0 Å². The topological polar surface area (TPSA) is 3.24 Å². The van der Waals surface area contributed by atoms with E-state index >= 15 is 0 Å². The van der Waals surface area contributed by atoms with Gasteiger partial charge in [-0.1, -0.05) is 54.6 Å². The van der Waals surface area contributed by atoms with Crippen molar-refractivity contribution in [1.82, 2.24) is 0 Å². The molecule has 3 aromatic carbocycles. The van der Waals surface area contributed by atoms with E-state index in [2.05, 4.69) is 77.7 Å². The number of para-hydroxylation sites is 3. The van der Waals surface area contributed by atoms with Gasteiger partial charge in [-0.15, -0.1) is 0 Å². The molecular weight excluding hydrogens is 258 g/mol. The largest absolute Gasteiger partial charge is 0.311 e. The van der Waals surface area contributed by atoms with E-state index in [1.807, 2.05) is 18.2 Å². The Labute approximate surface area is 124 Å². The highest BCUT2D eigenvalue weighted by Crippen LogP contribution is 2.33. The number of rotatable bonds is 3. The summed E-state index contributed by atoms with van der Waals surface area (Å²) in [5.74, 6) is 0. The summed E-state index contributed by atoms with van der Waals surface area (Å²) in [6.07, 6.45) is 0. The first-order chi connectivity index (χ1) is 9.45. The lowest BCUT2D eigenvalue weighted by atomic mass is 10.2. The molecule has 2 heteroatoms. The van der Waals surface area contributed by atoms with Crippen LogP contribution in [0, 0.1) is 0 Å². The average molecular weight is 277 g/mol. The van der Waals surface area contributed by atoms with E-state index in [4.69, 9.17) is 0 Å². The summed E-state index contributed by atoms with van der Waals surface area (Å²) in [5, 5.41) is 0. The molecule has 0 amide bonds. The van der Waals surface area contributed by atoms with Crippen molar-refractivity contribution in [3.8, 4) is 0 Å². The van der Waals surface area contributed by atoms with E-state index in [-0.39, 0.29) is 11.0 Å². The number of nitrogens with zero attached hydrogens (tertiary/aromatic N) is 1. The monoisotopic (exact) mass is 277 g/mol. The Morgan fingerprint density at radius 1 is 0.400 bits per heavy atom. The molecule has 100 valence electrons. The van der Waals surface area contributed by atoms with Crippen LogP contribution in [0.25, 0.3) is 0 Å². The van der Waals surface area contributed by atoms with Crippen molar-refractivity contribution < 1.29 is 0 Å². The predicted molar refractivity (Wildman–Crippen MR) is 92.5 cm³/mol. The summed E-state index contributed by atoms with van der Waals surface area (Å²) in [5.41, 5.74) is 3.50. The maximum Gasteiger partial charge on any atom is 0.0461 e. The second-order valence-corrected chi connectivity index (χ2v) is 4.34. The van der Waals surface area contributed by atoms with Crippen LogP contribution < -0.4 is 4.90 Å². The second-order valence-electron chi connectivity index (χ2n) is 4.34. The van der Waals surface area contributed by atoms with Crippen LogP contribution in [0.1, 0.15) is 0 Å². The molecular formula is C18H19NSi. The van der Waals surface area contributed by atoms with Crippen molar-refractivity contribution in [2.24, 2.45) is 0 Å². The molecule has 0 saturated carbocycles. The van der Waals surface area contributed by atoms with Gasteiger partial charge in [0.05, 0.1) is 0 Å². The highest BCUT2D eigenvalue weighted by atomic mass is 28.1. The molecule has 0 aliphatic rings. The maximum atomic E-state index is 2.25. The van der Waals surface area contributed by atoms with Crippen LogP contribution in [0.2, 0.25) is 0 Å². The molecule has 0 fully saturated rings. The molecule has 0 aromatic heterocycles. The van der Waals surface area contributed by atoms with Gasteiger partial charge in [0.25, 0.3) is 0 Å². The van der Waals surface area contributed by atoms with E-state index in [0.717, 1.165) is 0 Å². The Balaban J connectivity index is 0.00000147. The number of anilines is 3. The Morgan fingerprint density at radius 3 is 0.900 bits per heavy atom. The smallest absolute Gasteiger partial charge is 0.0461 e. The lowest BCUT2D eigenvalue weighted by Gasteiger charge is -2.25. The number of hydrogen-bond acceptors (Lipinski definition) is 1. The van der Waals surface area contributed by atoms with Gasteiger partial charge >= 0.3 is 0 Å². The normalized spacial score (nSPS) is 9.60. The molecule has 1 nitrogen and oxygen atoms in total. The van der Waals surface area contributed by atoms with Gasteiger partial charge in [-0.25, -0.2) is 0 Å². The van der Waals surface area contributed by atoms with Gasteiger partial charge in [-0.2, -0.15) is 0 Å². The average Bonchev–Trinajstić information content (AvgIpc) is 2.51.